The van der Waals surface area contributed by atoms with Crippen molar-refractivity contribution in [1.29, 1.82) is 0 Å². The molecule has 1 aromatic rings. The summed E-state index contributed by atoms with van der Waals surface area (Å²) in [7, 11) is 0. The Bertz CT molecular complexity index is 224. The van der Waals surface area contributed by atoms with Crippen molar-refractivity contribution in [2.24, 2.45) is 5.73 Å². The maximum Gasteiger partial charge on any atom is 0.0795 e. The monoisotopic (exact) mass is 227 g/mol. The highest BCUT2D eigenvalue weighted by Gasteiger charge is 1.93. The second kappa shape index (κ2) is 8.83. The lowest BCUT2D eigenvalue weighted by atomic mass is 10.1. The molecule has 0 atom stereocenters. The van der Waals surface area contributed by atoms with Gasteiger partial charge in [0.15, 0.2) is 0 Å². The second-order valence-corrected chi connectivity index (χ2v) is 4.43. The number of nitrogens with one attached hydrogen (secondary N) is 1. The molecule has 4 heteroatoms. The molecule has 3 N–H and O–H groups in total. The first-order valence-corrected chi connectivity index (χ1v) is 6.65. The zero-order valence-electron chi connectivity index (χ0n) is 9.24. The van der Waals surface area contributed by atoms with Crippen molar-refractivity contribution >= 4 is 11.3 Å². The van der Waals surface area contributed by atoms with E-state index in [1.165, 1.54) is 32.1 Å². The first-order chi connectivity index (χ1) is 7.43. The predicted molar refractivity (Wildman–Crippen MR) is 66.0 cm³/mol. The van der Waals surface area contributed by atoms with Crippen LogP contribution in [0.3, 0.4) is 0 Å². The molecule has 0 bridgehead atoms. The van der Waals surface area contributed by atoms with Crippen LogP contribution in [0.4, 0.5) is 0 Å². The summed E-state index contributed by atoms with van der Waals surface area (Å²) < 4.78 is 0. The van der Waals surface area contributed by atoms with Crippen molar-refractivity contribution in [2.75, 3.05) is 13.1 Å². The van der Waals surface area contributed by atoms with Gasteiger partial charge in [-0.1, -0.05) is 19.3 Å². The number of hydrogen-bond donors (Lipinski definition) is 2. The molecule has 1 rings (SSSR count). The summed E-state index contributed by atoms with van der Waals surface area (Å²) in [4.78, 5) is 4.22. The molecule has 15 heavy (non-hydrogen) atoms. The van der Waals surface area contributed by atoms with E-state index in [1.54, 1.807) is 11.3 Å². The molecule has 0 spiro atoms. The van der Waals surface area contributed by atoms with Crippen LogP contribution in [0, 0.1) is 0 Å². The zero-order chi connectivity index (χ0) is 10.8. The van der Waals surface area contributed by atoms with Gasteiger partial charge in [0, 0.05) is 11.9 Å². The van der Waals surface area contributed by atoms with Gasteiger partial charge in [0.05, 0.1) is 11.2 Å². The standard InChI is InChI=1S/C11H21N3S/c12-6-4-2-1-3-5-7-13-8-11-9-15-10-14-11/h9-10,13H,1-8,12H2. The SMILES string of the molecule is NCCCCCCCNCc1cscn1. The molecule has 0 amide bonds. The Labute approximate surface area is 96.1 Å². The molecule has 0 saturated heterocycles. The smallest absolute Gasteiger partial charge is 0.0795 e. The van der Waals surface area contributed by atoms with E-state index in [2.05, 4.69) is 15.7 Å². The third kappa shape index (κ3) is 6.60. The molecule has 1 heterocycles. The van der Waals surface area contributed by atoms with Gasteiger partial charge in [-0.3, -0.25) is 0 Å². The summed E-state index contributed by atoms with van der Waals surface area (Å²) in [5.74, 6) is 0. The molecule has 3 nitrogen and oxygen atoms in total. The van der Waals surface area contributed by atoms with Crippen LogP contribution in [-0.4, -0.2) is 18.1 Å². The lowest BCUT2D eigenvalue weighted by molar-refractivity contribution is 0.575. The summed E-state index contributed by atoms with van der Waals surface area (Å²) in [6.45, 7) is 2.84. The van der Waals surface area contributed by atoms with Gasteiger partial charge in [-0.05, 0) is 25.9 Å². The molecule has 0 saturated carbocycles. The van der Waals surface area contributed by atoms with E-state index in [0.29, 0.717) is 0 Å². The fourth-order valence-corrected chi connectivity index (χ4v) is 2.02. The molecule has 1 aromatic heterocycles. The fourth-order valence-electron chi connectivity index (χ4n) is 1.47. The number of rotatable bonds is 9. The van der Waals surface area contributed by atoms with Gasteiger partial charge in [0.25, 0.3) is 0 Å². The molecule has 0 aliphatic carbocycles. The van der Waals surface area contributed by atoms with Gasteiger partial charge in [0.2, 0.25) is 0 Å². The van der Waals surface area contributed by atoms with Gasteiger partial charge in [-0.15, -0.1) is 11.3 Å². The predicted octanol–water partition coefficient (Wildman–Crippen LogP) is 2.14. The quantitative estimate of drug-likeness (QED) is 0.636. The van der Waals surface area contributed by atoms with E-state index in [1.807, 2.05) is 5.51 Å². The highest BCUT2D eigenvalue weighted by Crippen LogP contribution is 2.02. The van der Waals surface area contributed by atoms with Crippen molar-refractivity contribution in [1.82, 2.24) is 10.3 Å². The third-order valence-corrected chi connectivity index (χ3v) is 2.98. The molecule has 0 aromatic carbocycles. The fraction of sp³-hybridized carbons (Fsp3) is 0.727. The van der Waals surface area contributed by atoms with Gasteiger partial charge in [0.1, 0.15) is 0 Å². The van der Waals surface area contributed by atoms with E-state index in [9.17, 15) is 0 Å². The molecular formula is C11H21N3S. The minimum absolute atomic E-state index is 0.835. The Kier molecular flexibility index (Phi) is 7.42. The number of nitrogens with two attached hydrogens (primary N) is 1. The van der Waals surface area contributed by atoms with E-state index < -0.39 is 0 Å². The van der Waals surface area contributed by atoms with E-state index >= 15 is 0 Å². The van der Waals surface area contributed by atoms with Crippen LogP contribution >= 0.6 is 11.3 Å². The molecule has 0 fully saturated rings. The van der Waals surface area contributed by atoms with Gasteiger partial charge < -0.3 is 11.1 Å². The maximum atomic E-state index is 5.43. The summed E-state index contributed by atoms with van der Waals surface area (Å²) in [5, 5.41) is 5.49. The number of thiazole rings is 1. The molecule has 86 valence electrons. The normalized spacial score (nSPS) is 10.7. The number of nitrogens with zero attached hydrogens (tertiary/aromatic N) is 1. The van der Waals surface area contributed by atoms with Crippen LogP contribution in [0.1, 0.15) is 37.8 Å². The lowest BCUT2D eigenvalue weighted by Crippen LogP contribution is -2.14. The van der Waals surface area contributed by atoms with Crippen molar-refractivity contribution in [3.63, 3.8) is 0 Å². The summed E-state index contributed by atoms with van der Waals surface area (Å²) in [6, 6.07) is 0. The number of hydrogen-bond acceptors (Lipinski definition) is 4. The number of aromatic nitrogens is 1. The summed E-state index contributed by atoms with van der Waals surface area (Å²) in [6.07, 6.45) is 6.34. The second-order valence-electron chi connectivity index (χ2n) is 3.71. The van der Waals surface area contributed by atoms with Crippen LogP contribution in [-0.2, 0) is 6.54 Å². The topological polar surface area (TPSA) is 50.9 Å². The van der Waals surface area contributed by atoms with Gasteiger partial charge >= 0.3 is 0 Å². The van der Waals surface area contributed by atoms with Gasteiger partial charge in [-0.25, -0.2) is 4.98 Å². The average molecular weight is 227 g/mol. The number of unbranched alkanes of at least 4 members (excludes halogenated alkanes) is 4. The van der Waals surface area contributed by atoms with E-state index in [4.69, 9.17) is 5.73 Å². The first kappa shape index (κ1) is 12.6. The van der Waals surface area contributed by atoms with E-state index in [-0.39, 0.29) is 0 Å². The Hall–Kier alpha value is -0.450. The summed E-state index contributed by atoms with van der Waals surface area (Å²) >= 11 is 1.65. The van der Waals surface area contributed by atoms with Crippen LogP contribution in [0.5, 0.6) is 0 Å². The first-order valence-electron chi connectivity index (χ1n) is 5.71. The zero-order valence-corrected chi connectivity index (χ0v) is 10.1. The van der Waals surface area contributed by atoms with Crippen LogP contribution in [0.25, 0.3) is 0 Å². The minimum atomic E-state index is 0.835. The van der Waals surface area contributed by atoms with Crippen LogP contribution < -0.4 is 11.1 Å². The highest BCUT2D eigenvalue weighted by molar-refractivity contribution is 7.07. The van der Waals surface area contributed by atoms with Gasteiger partial charge in [-0.2, -0.15) is 0 Å². The Balaban J connectivity index is 1.81. The summed E-state index contributed by atoms with van der Waals surface area (Å²) in [5.41, 5.74) is 8.46. The third-order valence-electron chi connectivity index (χ3n) is 2.35. The molecular weight excluding hydrogens is 206 g/mol. The molecule has 0 aliphatic rings. The Morgan fingerprint density at radius 1 is 1.20 bits per heavy atom. The van der Waals surface area contributed by atoms with Crippen molar-refractivity contribution in [3.05, 3.63) is 16.6 Å². The van der Waals surface area contributed by atoms with Crippen LogP contribution in [0.15, 0.2) is 10.9 Å². The lowest BCUT2D eigenvalue weighted by Gasteiger charge is -2.02. The maximum absolute atomic E-state index is 5.43. The molecule has 0 aliphatic heterocycles. The molecule has 0 radical (unpaired) electrons. The van der Waals surface area contributed by atoms with E-state index in [0.717, 1.165) is 25.3 Å². The van der Waals surface area contributed by atoms with Crippen molar-refractivity contribution < 1.29 is 0 Å². The average Bonchev–Trinajstić information content (AvgIpc) is 2.75. The Morgan fingerprint density at radius 3 is 2.73 bits per heavy atom. The van der Waals surface area contributed by atoms with Crippen LogP contribution in [0.2, 0.25) is 0 Å². The highest BCUT2D eigenvalue weighted by atomic mass is 32.1. The minimum Gasteiger partial charge on any atom is -0.330 e. The Morgan fingerprint density at radius 2 is 2.00 bits per heavy atom. The molecule has 0 unspecified atom stereocenters. The largest absolute Gasteiger partial charge is 0.330 e. The van der Waals surface area contributed by atoms with Crippen molar-refractivity contribution in [3.8, 4) is 0 Å². The van der Waals surface area contributed by atoms with Crippen molar-refractivity contribution in [2.45, 2.75) is 38.6 Å².